The molecule has 3 atom stereocenters. The number of cyclic esters (lactones) is 1. The Morgan fingerprint density at radius 3 is 1.96 bits per heavy atom. The van der Waals surface area contributed by atoms with Gasteiger partial charge in [0.25, 0.3) is 5.56 Å². The topological polar surface area (TPSA) is 326 Å². The van der Waals surface area contributed by atoms with E-state index in [1.807, 2.05) is 32.0 Å². The van der Waals surface area contributed by atoms with E-state index in [4.69, 9.17) is 24.9 Å². The van der Waals surface area contributed by atoms with Crippen LogP contribution in [0.4, 0.5) is 4.39 Å². The molecule has 24 heteroatoms. The lowest BCUT2D eigenvalue weighted by atomic mass is 9.85. The molecule has 4 aromatic rings. The number of hydrogen-bond donors (Lipinski definition) is 7. The molecule has 78 heavy (non-hydrogen) atoms. The van der Waals surface area contributed by atoms with Gasteiger partial charge in [-0.1, -0.05) is 49.7 Å². The first-order chi connectivity index (χ1) is 37.4. The third-order valence-corrected chi connectivity index (χ3v) is 13.3. The summed E-state index contributed by atoms with van der Waals surface area (Å²) in [4.78, 5) is 123. The van der Waals surface area contributed by atoms with Crippen LogP contribution in [0.5, 0.6) is 0 Å². The molecule has 2 aromatic heterocycles. The Kier molecular flexibility index (Phi) is 21.2. The number of likely N-dealkylation sites (tertiary alicyclic amines) is 1. The number of primary amides is 1. The van der Waals surface area contributed by atoms with Crippen molar-refractivity contribution in [2.45, 2.75) is 91.9 Å². The minimum absolute atomic E-state index is 0.0305. The van der Waals surface area contributed by atoms with Gasteiger partial charge >= 0.3 is 5.97 Å². The number of benzene rings is 2. The minimum Gasteiger partial charge on any atom is -0.458 e. The number of aliphatic hydroxyl groups is 1. The Balaban J connectivity index is 0.000000223. The van der Waals surface area contributed by atoms with Crippen molar-refractivity contribution >= 4 is 64.1 Å². The lowest BCUT2D eigenvalue weighted by molar-refractivity contribution is -0.157. The predicted octanol–water partition coefficient (Wildman–Crippen LogP) is 0.691. The molecule has 2 aliphatic carbocycles. The maximum atomic E-state index is 14.5. The maximum absolute atomic E-state index is 14.5. The molecule has 5 aliphatic rings. The number of carbonyl (C=O) groups is 9. The summed E-state index contributed by atoms with van der Waals surface area (Å²) in [6.45, 7) is 7.00. The van der Waals surface area contributed by atoms with Crippen LogP contribution in [0.15, 0.2) is 47.3 Å². The second-order valence-corrected chi connectivity index (χ2v) is 18.7. The zero-order chi connectivity index (χ0) is 56.6. The zero-order valence-electron chi connectivity index (χ0n) is 44.1. The van der Waals surface area contributed by atoms with Gasteiger partial charge in [0, 0.05) is 47.8 Å². The van der Waals surface area contributed by atoms with Gasteiger partial charge < -0.3 is 56.2 Å². The number of esters is 1. The molecule has 2 aromatic carbocycles. The van der Waals surface area contributed by atoms with E-state index in [0.717, 1.165) is 46.2 Å². The number of carbonyl (C=O) groups excluding carboxylic acids is 9. The van der Waals surface area contributed by atoms with Crippen LogP contribution in [-0.2, 0) is 83.4 Å². The molecule has 3 unspecified atom stereocenters. The van der Waals surface area contributed by atoms with Crippen LogP contribution in [0, 0.1) is 31.5 Å². The highest BCUT2D eigenvalue weighted by Gasteiger charge is 2.41. The Morgan fingerprint density at radius 1 is 0.769 bits per heavy atom. The van der Waals surface area contributed by atoms with E-state index in [1.165, 1.54) is 11.6 Å². The molecular formula is C54H66FN9O14. The standard InChI is InChI=1S/C23H35N7O10.C22H17FN2O4.C7H8.C2H6/c24-23(38)15-7-14(15)12-40-13-29-20(35)11-28-19(34)10-27-18(33)9-26-17(32)8-25-16(31)3-5-39-6-4-30-21(36)1-2-22(30)37;1-9-10-3-2-4-11-13-7-25-17(19(13)24-16(18(10)11)6-15(9)23)5-12-14(21(25)27)8-29-22(28)20(12)26;1-7-5-3-2-4-6-7;1-2/h14-15H,1-13H2,(H2,24,38)(H,25,31)(H,26,32)(H,27,33)(H,28,34)(H,29,35);5-6,20,26H,2-4,7-8H2,1H3;2-6H,1H3;1-2H3. The average Bonchev–Trinajstić information content (AvgIpc) is 4.12. The summed E-state index contributed by atoms with van der Waals surface area (Å²) in [5.41, 5.74) is 12.3. The number of nitrogens with one attached hydrogen (secondary N) is 5. The van der Waals surface area contributed by atoms with Gasteiger partial charge in [0.15, 0.2) is 6.10 Å². The Hall–Kier alpha value is -7.96. The Labute approximate surface area is 448 Å². The summed E-state index contributed by atoms with van der Waals surface area (Å²) < 4.78 is 31.5. The van der Waals surface area contributed by atoms with Crippen molar-refractivity contribution in [3.8, 4) is 11.4 Å². The third kappa shape index (κ3) is 15.4. The van der Waals surface area contributed by atoms with Crippen molar-refractivity contribution < 1.29 is 66.9 Å². The van der Waals surface area contributed by atoms with Gasteiger partial charge in [0.1, 0.15) is 19.2 Å². The molecular weight excluding hydrogens is 1020 g/mol. The highest BCUT2D eigenvalue weighted by Crippen LogP contribution is 2.42. The average molecular weight is 1080 g/mol. The fourth-order valence-corrected chi connectivity index (χ4v) is 9.07. The van der Waals surface area contributed by atoms with Gasteiger partial charge in [-0.05, 0) is 68.2 Å². The van der Waals surface area contributed by atoms with Crippen LogP contribution in [0.3, 0.4) is 0 Å². The van der Waals surface area contributed by atoms with Gasteiger partial charge in [0.2, 0.25) is 47.3 Å². The summed E-state index contributed by atoms with van der Waals surface area (Å²) in [5, 5.41) is 22.9. The summed E-state index contributed by atoms with van der Waals surface area (Å²) in [7, 11) is 0. The minimum atomic E-state index is -1.48. The van der Waals surface area contributed by atoms with Gasteiger partial charge in [0.05, 0.1) is 81.6 Å². The van der Waals surface area contributed by atoms with Crippen molar-refractivity contribution in [3.63, 3.8) is 0 Å². The van der Waals surface area contributed by atoms with Crippen molar-refractivity contribution in [3.05, 3.63) is 97.6 Å². The number of imide groups is 1. The molecule has 0 bridgehead atoms. The van der Waals surface area contributed by atoms with Gasteiger partial charge in [-0.3, -0.25) is 48.1 Å². The molecule has 8 amide bonds. The van der Waals surface area contributed by atoms with E-state index in [1.54, 1.807) is 17.6 Å². The van der Waals surface area contributed by atoms with Crippen LogP contribution >= 0.6 is 0 Å². The number of halogens is 1. The summed E-state index contributed by atoms with van der Waals surface area (Å²) in [6, 6.07) is 13.4. The number of aryl methyl sites for hydroxylation is 3. The molecule has 0 radical (unpaired) electrons. The van der Waals surface area contributed by atoms with E-state index >= 15 is 0 Å². The second-order valence-electron chi connectivity index (χ2n) is 18.7. The number of nitrogens with zero attached hydrogens (tertiary/aromatic N) is 3. The maximum Gasteiger partial charge on any atom is 0.340 e. The largest absolute Gasteiger partial charge is 0.458 e. The fraction of sp³-hybridized carbons (Fsp3) is 0.463. The number of fused-ring (bicyclic) bond motifs is 5. The first-order valence-electron chi connectivity index (χ1n) is 25.8. The molecule has 9 rings (SSSR count). The SMILES string of the molecule is CC.Cc1c(F)cc2nc3c(c4c2c1CCC4)Cn1c-3cc2c(c1=O)COC(=O)C2O.Cc1ccccc1.NC(=O)C1CC1COCNC(=O)CNC(=O)CNC(=O)CNC(=O)CNC(=O)CCOCCN1C(=O)CCC1=O. The van der Waals surface area contributed by atoms with Gasteiger partial charge in [-0.25, -0.2) is 14.2 Å². The first-order valence-corrected chi connectivity index (χ1v) is 25.8. The fourth-order valence-electron chi connectivity index (χ4n) is 9.07. The number of aliphatic hydroxyl groups excluding tert-OH is 1. The molecule has 418 valence electrons. The monoisotopic (exact) mass is 1080 g/mol. The lowest BCUT2D eigenvalue weighted by Gasteiger charge is -2.22. The summed E-state index contributed by atoms with van der Waals surface area (Å²) >= 11 is 0. The predicted molar refractivity (Wildman–Crippen MR) is 278 cm³/mol. The van der Waals surface area contributed by atoms with Crippen molar-refractivity contribution in [1.29, 1.82) is 0 Å². The van der Waals surface area contributed by atoms with Gasteiger partial charge in [-0.15, -0.1) is 0 Å². The number of nitrogens with two attached hydrogens (primary N) is 1. The van der Waals surface area contributed by atoms with E-state index in [2.05, 4.69) is 45.6 Å². The van der Waals surface area contributed by atoms with Crippen LogP contribution in [0.25, 0.3) is 22.3 Å². The number of rotatable bonds is 19. The number of ether oxygens (including phenoxy) is 3. The van der Waals surface area contributed by atoms with Crippen molar-refractivity contribution in [1.82, 2.24) is 41.0 Å². The summed E-state index contributed by atoms with van der Waals surface area (Å²) in [6.07, 6.45) is 2.12. The highest BCUT2D eigenvalue weighted by atomic mass is 19.1. The summed E-state index contributed by atoms with van der Waals surface area (Å²) in [5.74, 6) is -4.94. The van der Waals surface area contributed by atoms with Crippen LogP contribution in [0.2, 0.25) is 0 Å². The van der Waals surface area contributed by atoms with E-state index in [9.17, 15) is 57.4 Å². The molecule has 5 heterocycles. The third-order valence-electron chi connectivity index (χ3n) is 13.3. The van der Waals surface area contributed by atoms with Crippen LogP contribution in [-0.4, -0.2) is 132 Å². The molecule has 23 nitrogen and oxygen atoms in total. The molecule has 8 N–H and O–H groups in total. The number of aromatic nitrogens is 2. The molecule has 3 aliphatic heterocycles. The van der Waals surface area contributed by atoms with Crippen LogP contribution < -0.4 is 37.9 Å². The number of hydrogen-bond acceptors (Lipinski definition) is 15. The van der Waals surface area contributed by atoms with Crippen LogP contribution in [0.1, 0.15) is 91.0 Å². The van der Waals surface area contributed by atoms with E-state index < -0.39 is 54.7 Å². The second kappa shape index (κ2) is 27.9. The first kappa shape index (κ1) is 59.3. The molecule has 1 saturated heterocycles. The molecule has 1 saturated carbocycles. The zero-order valence-corrected chi connectivity index (χ0v) is 44.1. The van der Waals surface area contributed by atoms with Crippen molar-refractivity contribution in [2.75, 3.05) is 59.3 Å². The quantitative estimate of drug-likeness (QED) is 0.0259. The number of amides is 8. The normalized spacial score (nSPS) is 17.0. The molecule has 2 fully saturated rings. The Bertz CT molecular complexity index is 2990. The van der Waals surface area contributed by atoms with E-state index in [0.29, 0.717) is 47.6 Å². The van der Waals surface area contributed by atoms with E-state index in [-0.39, 0.29) is 112 Å². The number of pyridine rings is 2. The highest BCUT2D eigenvalue weighted by molar-refractivity contribution is 6.02. The smallest absolute Gasteiger partial charge is 0.340 e. The molecule has 0 spiro atoms. The Morgan fingerprint density at radius 2 is 1.37 bits per heavy atom. The van der Waals surface area contributed by atoms with Gasteiger partial charge in [-0.2, -0.15) is 0 Å². The lowest BCUT2D eigenvalue weighted by Crippen LogP contribution is -2.45. The van der Waals surface area contributed by atoms with Crippen molar-refractivity contribution in [2.24, 2.45) is 17.6 Å².